The highest BCUT2D eigenvalue weighted by atomic mass is 16.6. The molecule has 2 aromatic rings. The number of likely N-dealkylation sites (N-methyl/N-ethyl adjacent to an activating group) is 1. The quantitative estimate of drug-likeness (QED) is 0.596. The predicted molar refractivity (Wildman–Crippen MR) is 94.6 cm³/mol. The number of nitrogens with zero attached hydrogens (tertiary/aromatic N) is 5. The highest BCUT2D eigenvalue weighted by molar-refractivity contribution is 5.92. The first-order valence-electron chi connectivity index (χ1n) is 8.21. The molecule has 1 fully saturated rings. The molecule has 9 nitrogen and oxygen atoms in total. The number of aryl methyl sites for hydroxylation is 1. The number of amides is 1. The highest BCUT2D eigenvalue weighted by Gasteiger charge is 2.25. The average Bonchev–Trinajstić information content (AvgIpc) is 2.62. The minimum atomic E-state index is -0.517. The molecule has 1 amide bonds. The van der Waals surface area contributed by atoms with Gasteiger partial charge in [0.1, 0.15) is 5.69 Å². The molecular weight excluding hydrogens is 338 g/mol. The van der Waals surface area contributed by atoms with E-state index >= 15 is 0 Å². The van der Waals surface area contributed by atoms with Gasteiger partial charge >= 0.3 is 0 Å². The number of aromatic nitrogens is 2. The van der Waals surface area contributed by atoms with Gasteiger partial charge in [-0.3, -0.25) is 19.7 Å². The van der Waals surface area contributed by atoms with Crippen LogP contribution in [-0.4, -0.2) is 63.6 Å². The maximum atomic E-state index is 12.7. The number of rotatable bonds is 3. The lowest BCUT2D eigenvalue weighted by Gasteiger charge is -2.32. The van der Waals surface area contributed by atoms with Gasteiger partial charge < -0.3 is 9.80 Å². The maximum absolute atomic E-state index is 12.7. The second-order valence-electron chi connectivity index (χ2n) is 6.25. The molecule has 136 valence electrons. The first-order valence-corrected chi connectivity index (χ1v) is 8.21. The number of hydrogen-bond donors (Lipinski definition) is 0. The van der Waals surface area contributed by atoms with Crippen LogP contribution in [0.5, 0.6) is 0 Å². The van der Waals surface area contributed by atoms with E-state index in [1.54, 1.807) is 24.0 Å². The molecule has 1 aromatic carbocycles. The van der Waals surface area contributed by atoms with Crippen molar-refractivity contribution in [3.8, 4) is 5.69 Å². The molecule has 0 bridgehead atoms. The standard InChI is InChI=1S/C17H19N5O4/c1-12-11-15(23)16(17(24)20-9-7-19(2)8-10-20)18-21(12)13-5-3-4-6-14(13)22(25)26/h3-6,11H,7-10H2,1-2H3. The van der Waals surface area contributed by atoms with E-state index in [9.17, 15) is 19.7 Å². The lowest BCUT2D eigenvalue weighted by atomic mass is 10.2. The van der Waals surface area contributed by atoms with Crippen LogP contribution in [0, 0.1) is 17.0 Å². The van der Waals surface area contributed by atoms with Gasteiger partial charge in [0.2, 0.25) is 5.43 Å². The first kappa shape index (κ1) is 17.7. The van der Waals surface area contributed by atoms with Gasteiger partial charge in [0.15, 0.2) is 5.69 Å². The van der Waals surface area contributed by atoms with Crippen molar-refractivity contribution in [2.45, 2.75) is 6.92 Å². The Balaban J connectivity index is 2.05. The molecule has 0 radical (unpaired) electrons. The van der Waals surface area contributed by atoms with Gasteiger partial charge in [0.05, 0.1) is 4.92 Å². The van der Waals surface area contributed by atoms with Crippen molar-refractivity contribution in [2.75, 3.05) is 33.2 Å². The molecule has 26 heavy (non-hydrogen) atoms. The molecule has 1 aromatic heterocycles. The van der Waals surface area contributed by atoms with Crippen LogP contribution in [0.3, 0.4) is 0 Å². The Labute approximate surface area is 149 Å². The third-order valence-electron chi connectivity index (χ3n) is 4.41. The van der Waals surface area contributed by atoms with Crippen LogP contribution < -0.4 is 5.43 Å². The van der Waals surface area contributed by atoms with Gasteiger partial charge in [0, 0.05) is 44.0 Å². The van der Waals surface area contributed by atoms with Gasteiger partial charge in [-0.05, 0) is 20.0 Å². The molecule has 1 aliphatic heterocycles. The van der Waals surface area contributed by atoms with E-state index in [1.165, 1.54) is 22.9 Å². The van der Waals surface area contributed by atoms with Crippen LogP contribution in [0.4, 0.5) is 5.69 Å². The van der Waals surface area contributed by atoms with Crippen molar-refractivity contribution >= 4 is 11.6 Å². The minimum absolute atomic E-state index is 0.148. The number of piperazine rings is 1. The van der Waals surface area contributed by atoms with Crippen LogP contribution in [0.25, 0.3) is 5.69 Å². The third kappa shape index (κ3) is 3.33. The molecule has 3 rings (SSSR count). The lowest BCUT2D eigenvalue weighted by molar-refractivity contribution is -0.384. The van der Waals surface area contributed by atoms with E-state index in [0.717, 1.165) is 13.1 Å². The zero-order valence-corrected chi connectivity index (χ0v) is 14.6. The van der Waals surface area contributed by atoms with E-state index < -0.39 is 16.3 Å². The van der Waals surface area contributed by atoms with Crippen molar-refractivity contribution in [1.29, 1.82) is 0 Å². The van der Waals surface area contributed by atoms with Crippen LogP contribution >= 0.6 is 0 Å². The topological polar surface area (TPSA) is 102 Å². The van der Waals surface area contributed by atoms with Gasteiger partial charge in [-0.1, -0.05) is 12.1 Å². The number of carbonyl (C=O) groups excluding carboxylic acids is 1. The van der Waals surface area contributed by atoms with Crippen LogP contribution in [0.15, 0.2) is 35.1 Å². The van der Waals surface area contributed by atoms with Crippen LogP contribution in [0.1, 0.15) is 16.2 Å². The molecule has 0 atom stereocenters. The van der Waals surface area contributed by atoms with Gasteiger partial charge in [-0.2, -0.15) is 5.10 Å². The van der Waals surface area contributed by atoms with Crippen LogP contribution in [-0.2, 0) is 0 Å². The van der Waals surface area contributed by atoms with E-state index in [4.69, 9.17) is 0 Å². The summed E-state index contributed by atoms with van der Waals surface area (Å²) in [6.45, 7) is 4.08. The van der Waals surface area contributed by atoms with Crippen molar-refractivity contribution in [3.63, 3.8) is 0 Å². The summed E-state index contributed by atoms with van der Waals surface area (Å²) >= 11 is 0. The first-order chi connectivity index (χ1) is 12.4. The Morgan fingerprint density at radius 3 is 2.50 bits per heavy atom. The van der Waals surface area contributed by atoms with Gasteiger partial charge in [0.25, 0.3) is 11.6 Å². The summed E-state index contributed by atoms with van der Waals surface area (Å²) in [7, 11) is 1.97. The highest BCUT2D eigenvalue weighted by Crippen LogP contribution is 2.22. The SMILES string of the molecule is Cc1cc(=O)c(C(=O)N2CCN(C)CC2)nn1-c1ccccc1[N+](=O)[O-]. The number of para-hydroxylation sites is 2. The number of hydrogen-bond acceptors (Lipinski definition) is 6. The number of carbonyl (C=O) groups is 1. The Hall–Kier alpha value is -3.07. The smallest absolute Gasteiger partial charge is 0.294 e. The van der Waals surface area contributed by atoms with Crippen LogP contribution in [0.2, 0.25) is 0 Å². The summed E-state index contributed by atoms with van der Waals surface area (Å²) in [5.41, 5.74) is -0.231. The Morgan fingerprint density at radius 1 is 1.19 bits per heavy atom. The third-order valence-corrected chi connectivity index (χ3v) is 4.41. The molecular formula is C17H19N5O4. The number of nitro groups is 1. The van der Waals surface area contributed by atoms with Gasteiger partial charge in [-0.15, -0.1) is 0 Å². The van der Waals surface area contributed by atoms with Crippen molar-refractivity contribution in [1.82, 2.24) is 19.6 Å². The van der Waals surface area contributed by atoms with Gasteiger partial charge in [-0.25, -0.2) is 4.68 Å². The van der Waals surface area contributed by atoms with Crippen molar-refractivity contribution in [2.24, 2.45) is 0 Å². The fourth-order valence-corrected chi connectivity index (χ4v) is 2.90. The lowest BCUT2D eigenvalue weighted by Crippen LogP contribution is -2.48. The van der Waals surface area contributed by atoms with E-state index in [2.05, 4.69) is 10.00 Å². The molecule has 0 spiro atoms. The van der Waals surface area contributed by atoms with E-state index in [0.29, 0.717) is 18.8 Å². The Kier molecular flexibility index (Phi) is 4.81. The summed E-state index contributed by atoms with van der Waals surface area (Å²) in [6.07, 6.45) is 0. The summed E-state index contributed by atoms with van der Waals surface area (Å²) in [4.78, 5) is 39.5. The predicted octanol–water partition coefficient (Wildman–Crippen LogP) is 0.837. The molecule has 1 aliphatic rings. The molecule has 2 heterocycles. The van der Waals surface area contributed by atoms with E-state index in [1.807, 2.05) is 7.05 Å². The van der Waals surface area contributed by atoms with E-state index in [-0.39, 0.29) is 17.1 Å². The number of benzene rings is 1. The fourth-order valence-electron chi connectivity index (χ4n) is 2.90. The molecule has 0 saturated carbocycles. The van der Waals surface area contributed by atoms with Crippen molar-refractivity contribution < 1.29 is 9.72 Å². The second kappa shape index (κ2) is 7.04. The molecule has 1 saturated heterocycles. The Morgan fingerprint density at radius 2 is 1.85 bits per heavy atom. The largest absolute Gasteiger partial charge is 0.335 e. The van der Waals surface area contributed by atoms with Crippen molar-refractivity contribution in [3.05, 3.63) is 62.1 Å². The normalized spacial score (nSPS) is 15.1. The Bertz CT molecular complexity index is 916. The number of nitro benzene ring substituents is 1. The zero-order valence-electron chi connectivity index (χ0n) is 14.6. The zero-order chi connectivity index (χ0) is 18.8. The summed E-state index contributed by atoms with van der Waals surface area (Å²) in [6, 6.07) is 7.37. The summed E-state index contributed by atoms with van der Waals surface area (Å²) in [5.74, 6) is -0.449. The maximum Gasteiger partial charge on any atom is 0.294 e. The monoisotopic (exact) mass is 357 g/mol. The summed E-state index contributed by atoms with van der Waals surface area (Å²) in [5, 5.41) is 15.5. The minimum Gasteiger partial charge on any atom is -0.335 e. The molecule has 0 aliphatic carbocycles. The fraction of sp³-hybridized carbons (Fsp3) is 0.353. The molecule has 0 N–H and O–H groups in total. The second-order valence-corrected chi connectivity index (χ2v) is 6.25. The molecule has 0 unspecified atom stereocenters. The molecule has 9 heteroatoms. The summed E-state index contributed by atoms with van der Waals surface area (Å²) < 4.78 is 1.28. The average molecular weight is 357 g/mol.